The number of hydrogen-bond donors (Lipinski definition) is 0. The van der Waals surface area contributed by atoms with Gasteiger partial charge in [0.15, 0.2) is 0 Å². The Labute approximate surface area is 145 Å². The molecule has 6 heteroatoms. The van der Waals surface area contributed by atoms with E-state index in [1.807, 2.05) is 17.5 Å². The molecule has 0 amide bonds. The van der Waals surface area contributed by atoms with Crippen LogP contribution in [0.2, 0.25) is 0 Å². The molecule has 1 atom stereocenters. The highest BCUT2D eigenvalue weighted by Gasteiger charge is 2.41. The molecule has 2 aliphatic rings. The predicted octanol–water partition coefficient (Wildman–Crippen LogP) is 2.93. The standard InChI is InChI=1S/C17H23N3OS2/c1-2-15(22-8-1)10-19-5-3-17(12-19)13-20(6-7-21-14-17)11-16-18-4-9-23-16/h1-2,4,8-9H,3,5-7,10-14H2. The third kappa shape index (κ3) is 3.83. The quantitative estimate of drug-likeness (QED) is 0.849. The summed E-state index contributed by atoms with van der Waals surface area (Å²) in [6, 6.07) is 4.39. The van der Waals surface area contributed by atoms with Gasteiger partial charge in [-0.25, -0.2) is 4.98 Å². The first-order valence-electron chi connectivity index (χ1n) is 8.25. The summed E-state index contributed by atoms with van der Waals surface area (Å²) < 4.78 is 5.98. The summed E-state index contributed by atoms with van der Waals surface area (Å²) in [5.41, 5.74) is 0.297. The van der Waals surface area contributed by atoms with Crippen molar-refractivity contribution < 1.29 is 4.74 Å². The van der Waals surface area contributed by atoms with E-state index >= 15 is 0 Å². The van der Waals surface area contributed by atoms with E-state index in [0.717, 1.165) is 45.9 Å². The van der Waals surface area contributed by atoms with Crippen LogP contribution in [0.25, 0.3) is 0 Å². The Morgan fingerprint density at radius 1 is 1.13 bits per heavy atom. The molecule has 2 aromatic heterocycles. The zero-order valence-electron chi connectivity index (χ0n) is 13.3. The Kier molecular flexibility index (Phi) is 4.78. The molecule has 0 N–H and O–H groups in total. The van der Waals surface area contributed by atoms with Crippen molar-refractivity contribution in [2.75, 3.05) is 39.4 Å². The first kappa shape index (κ1) is 15.7. The van der Waals surface area contributed by atoms with Crippen molar-refractivity contribution in [1.82, 2.24) is 14.8 Å². The molecule has 23 heavy (non-hydrogen) atoms. The maximum Gasteiger partial charge on any atom is 0.107 e. The van der Waals surface area contributed by atoms with Crippen LogP contribution in [0.15, 0.2) is 29.1 Å². The molecule has 1 unspecified atom stereocenters. The summed E-state index contributed by atoms with van der Waals surface area (Å²) in [6.07, 6.45) is 3.15. The van der Waals surface area contributed by atoms with Crippen LogP contribution in [0, 0.1) is 5.41 Å². The minimum Gasteiger partial charge on any atom is -0.379 e. The van der Waals surface area contributed by atoms with Crippen LogP contribution in [-0.4, -0.2) is 54.2 Å². The third-order valence-electron chi connectivity index (χ3n) is 4.84. The van der Waals surface area contributed by atoms with Gasteiger partial charge >= 0.3 is 0 Å². The van der Waals surface area contributed by atoms with E-state index in [1.54, 1.807) is 11.3 Å². The molecule has 0 bridgehead atoms. The van der Waals surface area contributed by atoms with E-state index in [0.29, 0.717) is 5.41 Å². The molecule has 0 saturated carbocycles. The normalized spacial score (nSPS) is 26.8. The summed E-state index contributed by atoms with van der Waals surface area (Å²) in [5.74, 6) is 0. The monoisotopic (exact) mass is 349 g/mol. The molecule has 4 rings (SSSR count). The minimum absolute atomic E-state index is 0.297. The minimum atomic E-state index is 0.297. The fraction of sp³-hybridized carbons (Fsp3) is 0.588. The number of aromatic nitrogens is 1. The van der Waals surface area contributed by atoms with E-state index in [4.69, 9.17) is 4.74 Å². The van der Waals surface area contributed by atoms with E-state index < -0.39 is 0 Å². The van der Waals surface area contributed by atoms with Crippen LogP contribution >= 0.6 is 22.7 Å². The van der Waals surface area contributed by atoms with Gasteiger partial charge in [0.1, 0.15) is 5.01 Å². The van der Waals surface area contributed by atoms with Gasteiger partial charge in [0.2, 0.25) is 0 Å². The molecule has 0 aromatic carbocycles. The van der Waals surface area contributed by atoms with Crippen molar-refractivity contribution in [3.8, 4) is 0 Å². The smallest absolute Gasteiger partial charge is 0.107 e. The zero-order chi connectivity index (χ0) is 15.5. The largest absolute Gasteiger partial charge is 0.379 e. The van der Waals surface area contributed by atoms with Crippen molar-refractivity contribution >= 4 is 22.7 Å². The van der Waals surface area contributed by atoms with Crippen LogP contribution in [-0.2, 0) is 17.8 Å². The molecule has 0 radical (unpaired) electrons. The number of nitrogens with zero attached hydrogens (tertiary/aromatic N) is 3. The van der Waals surface area contributed by atoms with E-state index in [1.165, 1.54) is 22.9 Å². The third-order valence-corrected chi connectivity index (χ3v) is 6.46. The second-order valence-corrected chi connectivity index (χ2v) is 8.74. The molecule has 0 aliphatic carbocycles. The maximum atomic E-state index is 5.98. The van der Waals surface area contributed by atoms with Gasteiger partial charge in [-0.05, 0) is 24.4 Å². The molecule has 2 saturated heterocycles. The topological polar surface area (TPSA) is 28.6 Å². The number of likely N-dealkylation sites (tertiary alicyclic amines) is 1. The summed E-state index contributed by atoms with van der Waals surface area (Å²) >= 11 is 3.62. The average molecular weight is 350 g/mol. The van der Waals surface area contributed by atoms with Gasteiger partial charge in [-0.3, -0.25) is 9.80 Å². The van der Waals surface area contributed by atoms with Crippen molar-refractivity contribution in [1.29, 1.82) is 0 Å². The SMILES string of the molecule is c1csc(CN2CCC3(COCCN(Cc4nccs4)C3)C2)c1. The first-order chi connectivity index (χ1) is 11.3. The van der Waals surface area contributed by atoms with Gasteiger partial charge in [0, 0.05) is 48.0 Å². The van der Waals surface area contributed by atoms with Gasteiger partial charge in [-0.1, -0.05) is 6.07 Å². The van der Waals surface area contributed by atoms with Crippen LogP contribution in [0.1, 0.15) is 16.3 Å². The van der Waals surface area contributed by atoms with Gasteiger partial charge in [0.05, 0.1) is 19.8 Å². The molecule has 2 aromatic rings. The van der Waals surface area contributed by atoms with Crippen molar-refractivity contribution in [3.05, 3.63) is 39.0 Å². The first-order valence-corrected chi connectivity index (χ1v) is 10.0. The summed E-state index contributed by atoms with van der Waals surface area (Å²) in [4.78, 5) is 11.1. The molecule has 4 heterocycles. The summed E-state index contributed by atoms with van der Waals surface area (Å²) in [6.45, 7) is 8.30. The Hall–Kier alpha value is -0.790. The molecule has 2 fully saturated rings. The average Bonchev–Trinajstić information content (AvgIpc) is 3.25. The fourth-order valence-electron chi connectivity index (χ4n) is 3.77. The molecule has 1 spiro atoms. The number of ether oxygens (including phenoxy) is 1. The van der Waals surface area contributed by atoms with Crippen LogP contribution < -0.4 is 0 Å². The maximum absolute atomic E-state index is 5.98. The second kappa shape index (κ2) is 6.99. The Balaban J connectivity index is 1.40. The van der Waals surface area contributed by atoms with E-state index in [9.17, 15) is 0 Å². The van der Waals surface area contributed by atoms with Crippen LogP contribution in [0.3, 0.4) is 0 Å². The highest BCUT2D eigenvalue weighted by Crippen LogP contribution is 2.35. The highest BCUT2D eigenvalue weighted by atomic mass is 32.1. The van der Waals surface area contributed by atoms with Crippen molar-refractivity contribution in [2.45, 2.75) is 19.5 Å². The number of thiophene rings is 1. The molecule has 2 aliphatic heterocycles. The van der Waals surface area contributed by atoms with Gasteiger partial charge in [-0.2, -0.15) is 0 Å². The molecule has 124 valence electrons. The molecular formula is C17H23N3OS2. The van der Waals surface area contributed by atoms with Crippen molar-refractivity contribution in [2.24, 2.45) is 5.41 Å². The highest BCUT2D eigenvalue weighted by molar-refractivity contribution is 7.10. The number of thiazole rings is 1. The Bertz CT molecular complexity index is 601. The number of hydrogen-bond acceptors (Lipinski definition) is 6. The summed E-state index contributed by atoms with van der Waals surface area (Å²) in [7, 11) is 0. The van der Waals surface area contributed by atoms with E-state index in [2.05, 4.69) is 37.7 Å². The van der Waals surface area contributed by atoms with Gasteiger partial charge < -0.3 is 4.74 Å². The number of rotatable bonds is 4. The lowest BCUT2D eigenvalue weighted by molar-refractivity contribution is 0.0707. The summed E-state index contributed by atoms with van der Waals surface area (Å²) in [5, 5.41) is 5.46. The van der Waals surface area contributed by atoms with E-state index in [-0.39, 0.29) is 0 Å². The second-order valence-electron chi connectivity index (χ2n) is 6.73. The Morgan fingerprint density at radius 2 is 2.04 bits per heavy atom. The lowest BCUT2D eigenvalue weighted by Crippen LogP contribution is -2.40. The van der Waals surface area contributed by atoms with Crippen LogP contribution in [0.5, 0.6) is 0 Å². The Morgan fingerprint density at radius 3 is 2.83 bits per heavy atom. The predicted molar refractivity (Wildman–Crippen MR) is 94.9 cm³/mol. The molecule has 4 nitrogen and oxygen atoms in total. The van der Waals surface area contributed by atoms with Crippen LogP contribution in [0.4, 0.5) is 0 Å². The molecular weight excluding hydrogens is 326 g/mol. The van der Waals surface area contributed by atoms with Gasteiger partial charge in [-0.15, -0.1) is 22.7 Å². The van der Waals surface area contributed by atoms with Gasteiger partial charge in [0.25, 0.3) is 0 Å². The van der Waals surface area contributed by atoms with Crippen molar-refractivity contribution in [3.63, 3.8) is 0 Å². The zero-order valence-corrected chi connectivity index (χ0v) is 15.0. The lowest BCUT2D eigenvalue weighted by atomic mass is 9.87. The fourth-order valence-corrected chi connectivity index (χ4v) is 5.17. The lowest BCUT2D eigenvalue weighted by Gasteiger charge is -2.31.